The van der Waals surface area contributed by atoms with Gasteiger partial charge in [0.15, 0.2) is 6.10 Å². The van der Waals surface area contributed by atoms with Crippen LogP contribution in [-0.4, -0.2) is 18.0 Å². The van der Waals surface area contributed by atoms with E-state index in [2.05, 4.69) is 5.92 Å². The third-order valence-electron chi connectivity index (χ3n) is 2.13. The van der Waals surface area contributed by atoms with E-state index in [9.17, 15) is 14.7 Å². The molecule has 1 atom stereocenters. The topological polar surface area (TPSA) is 66.4 Å². The zero-order valence-corrected chi connectivity index (χ0v) is 9.75. The summed E-state index contributed by atoms with van der Waals surface area (Å²) in [5.41, 5.74) is -0.305. The van der Waals surface area contributed by atoms with Crippen molar-refractivity contribution in [1.82, 2.24) is 0 Å². The van der Waals surface area contributed by atoms with Gasteiger partial charge in [0.2, 0.25) is 0 Å². The lowest BCUT2D eigenvalue weighted by molar-refractivity contribution is -0.255. The van der Waals surface area contributed by atoms with Gasteiger partial charge in [0.25, 0.3) is 0 Å². The number of ether oxygens (including phenoxy) is 1. The molecule has 4 heteroatoms. The number of hydrogen-bond donors (Lipinski definition) is 0. The molecule has 0 unspecified atom stereocenters. The van der Waals surface area contributed by atoms with Gasteiger partial charge in [0.1, 0.15) is 0 Å². The molecule has 0 saturated carbocycles. The van der Waals surface area contributed by atoms with E-state index >= 15 is 0 Å². The summed E-state index contributed by atoms with van der Waals surface area (Å²) in [6, 6.07) is 5.64. The molecule has 0 N–H and O–H groups in total. The fourth-order valence-corrected chi connectivity index (χ4v) is 1.32. The highest BCUT2D eigenvalue weighted by atomic mass is 16.5. The van der Waals surface area contributed by atoms with Crippen LogP contribution in [0.3, 0.4) is 0 Å². The Labute approximate surface area is 105 Å². The Morgan fingerprint density at radius 2 is 2.00 bits per heavy atom. The van der Waals surface area contributed by atoms with Gasteiger partial charge in [-0.2, -0.15) is 0 Å². The van der Waals surface area contributed by atoms with E-state index in [1.54, 1.807) is 13.0 Å². The third kappa shape index (κ3) is 3.22. The molecule has 0 fully saturated rings. The Bertz CT molecular complexity index is 523. The molecule has 0 aromatic heterocycles. The van der Waals surface area contributed by atoms with E-state index in [0.29, 0.717) is 0 Å². The maximum Gasteiger partial charge on any atom is 0.340 e. The number of terminal acetylenes is 1. The molecule has 0 aliphatic heterocycles. The zero-order valence-electron chi connectivity index (χ0n) is 9.75. The van der Waals surface area contributed by atoms with E-state index in [-0.39, 0.29) is 11.1 Å². The van der Waals surface area contributed by atoms with Crippen LogP contribution in [0.5, 0.6) is 0 Å². The Hall–Kier alpha value is -2.54. The van der Waals surface area contributed by atoms with Gasteiger partial charge in [-0.15, -0.1) is 6.42 Å². The summed E-state index contributed by atoms with van der Waals surface area (Å²) in [7, 11) is 0. The SMILES string of the molecule is C#C[C@@H](/C=C/C)OC(=O)c1ccccc1C(=O)[O-]. The fraction of sp³-hybridized carbons (Fsp3) is 0.143. The Morgan fingerprint density at radius 1 is 1.39 bits per heavy atom. The largest absolute Gasteiger partial charge is 0.545 e. The standard InChI is InChI=1S/C14H12O4/c1-3-7-10(4-2)18-14(17)12-9-6-5-8-11(12)13(15)16/h2-3,5-10H,1H3,(H,15,16)/p-1/b7-3+/t10-/m0/s1. The summed E-state index contributed by atoms with van der Waals surface area (Å²) < 4.78 is 4.96. The van der Waals surface area contributed by atoms with Crippen molar-refractivity contribution < 1.29 is 19.4 Å². The van der Waals surface area contributed by atoms with Gasteiger partial charge in [-0.25, -0.2) is 4.79 Å². The van der Waals surface area contributed by atoms with Crippen LogP contribution in [0.4, 0.5) is 0 Å². The molecular weight excluding hydrogens is 232 g/mol. The maximum absolute atomic E-state index is 11.8. The van der Waals surface area contributed by atoms with Crippen LogP contribution < -0.4 is 5.11 Å². The molecule has 18 heavy (non-hydrogen) atoms. The fourth-order valence-electron chi connectivity index (χ4n) is 1.32. The van der Waals surface area contributed by atoms with E-state index in [1.165, 1.54) is 30.3 Å². The van der Waals surface area contributed by atoms with Crippen LogP contribution >= 0.6 is 0 Å². The Morgan fingerprint density at radius 3 is 2.50 bits per heavy atom. The number of benzene rings is 1. The number of hydrogen-bond acceptors (Lipinski definition) is 4. The van der Waals surface area contributed by atoms with Crippen molar-refractivity contribution in [2.24, 2.45) is 0 Å². The van der Waals surface area contributed by atoms with Crippen molar-refractivity contribution in [3.8, 4) is 12.3 Å². The molecule has 0 spiro atoms. The molecule has 0 amide bonds. The number of rotatable bonds is 4. The predicted molar refractivity (Wildman–Crippen MR) is 63.6 cm³/mol. The highest BCUT2D eigenvalue weighted by molar-refractivity contribution is 6.01. The van der Waals surface area contributed by atoms with E-state index in [0.717, 1.165) is 0 Å². The van der Waals surface area contributed by atoms with Crippen LogP contribution in [0.1, 0.15) is 27.6 Å². The summed E-state index contributed by atoms with van der Waals surface area (Å²) in [6.45, 7) is 1.73. The first kappa shape index (κ1) is 13.5. The minimum Gasteiger partial charge on any atom is -0.545 e. The molecule has 92 valence electrons. The van der Waals surface area contributed by atoms with Gasteiger partial charge >= 0.3 is 5.97 Å². The molecular formula is C14H11O4-. The zero-order chi connectivity index (χ0) is 13.5. The summed E-state index contributed by atoms with van der Waals surface area (Å²) >= 11 is 0. The number of carboxylic acids is 1. The van der Waals surface area contributed by atoms with Crippen LogP contribution in [0.25, 0.3) is 0 Å². The van der Waals surface area contributed by atoms with Crippen molar-refractivity contribution in [3.05, 3.63) is 47.5 Å². The molecule has 0 bridgehead atoms. The minimum atomic E-state index is -1.44. The highest BCUT2D eigenvalue weighted by Gasteiger charge is 2.15. The summed E-state index contributed by atoms with van der Waals surface area (Å²) in [4.78, 5) is 22.6. The summed E-state index contributed by atoms with van der Waals surface area (Å²) in [5, 5.41) is 10.8. The molecule has 0 heterocycles. The number of carboxylic acid groups (broad SMARTS) is 1. The predicted octanol–water partition coefficient (Wildman–Crippen LogP) is 0.785. The number of allylic oxidation sites excluding steroid dienone is 1. The van der Waals surface area contributed by atoms with Crippen molar-refractivity contribution in [1.29, 1.82) is 0 Å². The average Bonchev–Trinajstić information content (AvgIpc) is 2.38. The monoisotopic (exact) mass is 243 g/mol. The number of esters is 1. The smallest absolute Gasteiger partial charge is 0.340 e. The lowest BCUT2D eigenvalue weighted by atomic mass is 10.1. The molecule has 1 rings (SSSR count). The first-order valence-corrected chi connectivity index (χ1v) is 5.20. The van der Waals surface area contributed by atoms with Gasteiger partial charge in [0.05, 0.1) is 11.5 Å². The summed E-state index contributed by atoms with van der Waals surface area (Å²) in [6.07, 6.45) is 7.51. The molecule has 0 saturated heterocycles. The average molecular weight is 243 g/mol. The number of carbonyl (C=O) groups is 2. The second-order valence-corrected chi connectivity index (χ2v) is 3.35. The molecule has 0 aliphatic carbocycles. The van der Waals surface area contributed by atoms with Gasteiger partial charge in [-0.1, -0.05) is 30.2 Å². The van der Waals surface area contributed by atoms with Crippen LogP contribution in [0.15, 0.2) is 36.4 Å². The van der Waals surface area contributed by atoms with Gasteiger partial charge in [-0.3, -0.25) is 0 Å². The molecule has 1 aromatic carbocycles. The highest BCUT2D eigenvalue weighted by Crippen LogP contribution is 2.11. The van der Waals surface area contributed by atoms with Gasteiger partial charge < -0.3 is 14.6 Å². The number of carbonyl (C=O) groups excluding carboxylic acids is 2. The van der Waals surface area contributed by atoms with Gasteiger partial charge in [0, 0.05) is 5.56 Å². The van der Waals surface area contributed by atoms with Crippen molar-refractivity contribution >= 4 is 11.9 Å². The lowest BCUT2D eigenvalue weighted by Gasteiger charge is -2.12. The second kappa shape index (κ2) is 6.26. The van der Waals surface area contributed by atoms with Gasteiger partial charge in [-0.05, 0) is 19.1 Å². The quantitative estimate of drug-likeness (QED) is 0.445. The van der Waals surface area contributed by atoms with E-state index in [4.69, 9.17) is 11.2 Å². The van der Waals surface area contributed by atoms with Crippen LogP contribution in [0, 0.1) is 12.3 Å². The van der Waals surface area contributed by atoms with Crippen molar-refractivity contribution in [2.75, 3.05) is 0 Å². The second-order valence-electron chi connectivity index (χ2n) is 3.35. The first-order chi connectivity index (χ1) is 8.60. The molecule has 4 nitrogen and oxygen atoms in total. The van der Waals surface area contributed by atoms with Crippen LogP contribution in [0.2, 0.25) is 0 Å². The Balaban J connectivity index is 2.98. The minimum absolute atomic E-state index is 0.0812. The first-order valence-electron chi connectivity index (χ1n) is 5.20. The lowest BCUT2D eigenvalue weighted by Crippen LogP contribution is -2.26. The van der Waals surface area contributed by atoms with Crippen molar-refractivity contribution in [2.45, 2.75) is 13.0 Å². The Kier molecular flexibility index (Phi) is 4.70. The van der Waals surface area contributed by atoms with Crippen LogP contribution in [-0.2, 0) is 4.74 Å². The summed E-state index contributed by atoms with van der Waals surface area (Å²) in [5.74, 6) is 0.0249. The van der Waals surface area contributed by atoms with Crippen molar-refractivity contribution in [3.63, 3.8) is 0 Å². The van der Waals surface area contributed by atoms with E-state index < -0.39 is 18.0 Å². The normalized spacial score (nSPS) is 11.8. The number of aromatic carboxylic acids is 1. The third-order valence-corrected chi connectivity index (χ3v) is 2.13. The van der Waals surface area contributed by atoms with E-state index in [1.807, 2.05) is 0 Å². The molecule has 0 aliphatic rings. The maximum atomic E-state index is 11.8. The molecule has 1 aromatic rings. The molecule has 0 radical (unpaired) electrons.